The molecule has 1 saturated heterocycles. The molecule has 0 aromatic carbocycles. The van der Waals surface area contributed by atoms with Crippen molar-refractivity contribution in [3.63, 3.8) is 0 Å². The average Bonchev–Trinajstić information content (AvgIpc) is 3.19. The molecule has 0 saturated carbocycles. The fraction of sp³-hybridized carbons (Fsp3) is 0.960. The molecule has 0 radical (unpaired) electrons. The summed E-state index contributed by atoms with van der Waals surface area (Å²) in [7, 11) is 0. The number of hydrogen-bond acceptors (Lipinski definition) is 5. The first-order chi connectivity index (χ1) is 27.0. The summed E-state index contributed by atoms with van der Waals surface area (Å²) in [5.41, 5.74) is 0. The molecule has 5 heteroatoms. The van der Waals surface area contributed by atoms with Gasteiger partial charge in [-0.05, 0) is 82.3 Å². The van der Waals surface area contributed by atoms with E-state index in [-0.39, 0.29) is 11.9 Å². The third-order valence-corrected chi connectivity index (χ3v) is 12.7. The highest BCUT2D eigenvalue weighted by atomic mass is 16.5. The van der Waals surface area contributed by atoms with Gasteiger partial charge in [-0.15, -0.1) is 0 Å². The average molecular weight is 776 g/mol. The monoisotopic (exact) mass is 776 g/mol. The first kappa shape index (κ1) is 51.9. The van der Waals surface area contributed by atoms with E-state index in [2.05, 4.69) is 32.6 Å². The Morgan fingerprint density at radius 3 is 1.11 bits per heavy atom. The minimum absolute atomic E-state index is 0.0215. The summed E-state index contributed by atoms with van der Waals surface area (Å²) < 4.78 is 11.4. The van der Waals surface area contributed by atoms with Crippen LogP contribution < -0.4 is 0 Å². The summed E-state index contributed by atoms with van der Waals surface area (Å²) in [6.45, 7) is 14.2. The summed E-state index contributed by atoms with van der Waals surface area (Å²) in [4.78, 5) is 27.6. The van der Waals surface area contributed by atoms with Crippen molar-refractivity contribution >= 4 is 11.9 Å². The number of esters is 2. The lowest BCUT2D eigenvalue weighted by Gasteiger charge is -2.28. The number of nitrogens with zero attached hydrogens (tertiary/aromatic N) is 1. The van der Waals surface area contributed by atoms with Crippen LogP contribution in [0.25, 0.3) is 0 Å². The zero-order chi connectivity index (χ0) is 39.9. The molecule has 1 fully saturated rings. The van der Waals surface area contributed by atoms with Crippen molar-refractivity contribution in [3.8, 4) is 0 Å². The van der Waals surface area contributed by atoms with Crippen molar-refractivity contribution < 1.29 is 19.1 Å². The molecule has 0 amide bonds. The molecule has 1 heterocycles. The molecule has 1 aliphatic heterocycles. The van der Waals surface area contributed by atoms with Crippen LogP contribution in [0.15, 0.2) is 0 Å². The Morgan fingerprint density at radius 2 is 0.727 bits per heavy atom. The summed E-state index contributed by atoms with van der Waals surface area (Å²) in [5.74, 6) is 2.34. The van der Waals surface area contributed by atoms with E-state index in [1.165, 1.54) is 199 Å². The Hall–Kier alpha value is -1.10. The van der Waals surface area contributed by atoms with Crippen LogP contribution in [-0.2, 0) is 19.1 Å². The highest BCUT2D eigenvalue weighted by Crippen LogP contribution is 2.25. The summed E-state index contributed by atoms with van der Waals surface area (Å²) >= 11 is 0. The molecule has 0 aromatic rings. The summed E-state index contributed by atoms with van der Waals surface area (Å²) in [5, 5.41) is 0. The van der Waals surface area contributed by atoms with Gasteiger partial charge in [0, 0.05) is 12.8 Å². The second-order valence-electron chi connectivity index (χ2n) is 17.9. The summed E-state index contributed by atoms with van der Waals surface area (Å²) in [6.07, 6.45) is 44.4. The number of piperidine rings is 1. The molecule has 0 aliphatic carbocycles. The number of likely N-dealkylation sites (tertiary alicyclic amines) is 1. The first-order valence-corrected chi connectivity index (χ1v) is 25.1. The van der Waals surface area contributed by atoms with Crippen LogP contribution in [0.1, 0.15) is 259 Å². The van der Waals surface area contributed by atoms with E-state index in [9.17, 15) is 9.59 Å². The molecule has 55 heavy (non-hydrogen) atoms. The molecule has 1 rings (SSSR count). The molecule has 0 atom stereocenters. The van der Waals surface area contributed by atoms with E-state index in [4.69, 9.17) is 9.47 Å². The maximum atomic E-state index is 12.4. The van der Waals surface area contributed by atoms with E-state index in [1.54, 1.807) is 0 Å². The standard InChI is InChI=1S/C50H97NO4/c1-5-9-20-30-47(31-21-10-6-2)39-44-54-49(52)36-26-17-13-15-24-34-46(38-43-51-41-28-19-29-42-51)35-25-16-14-18-27-37-50(53)55-45-40-48(32-22-11-7-3)33-23-12-8-4/h46-48H,5-45H2,1-4H3. The van der Waals surface area contributed by atoms with Crippen LogP contribution in [0.2, 0.25) is 0 Å². The lowest BCUT2D eigenvalue weighted by Crippen LogP contribution is -2.31. The molecule has 0 aromatic heterocycles. The molecular weight excluding hydrogens is 679 g/mol. The third-order valence-electron chi connectivity index (χ3n) is 12.7. The van der Waals surface area contributed by atoms with Gasteiger partial charge in [-0.25, -0.2) is 0 Å². The van der Waals surface area contributed by atoms with Gasteiger partial charge in [0.2, 0.25) is 0 Å². The zero-order valence-electron chi connectivity index (χ0n) is 37.8. The van der Waals surface area contributed by atoms with E-state index in [0.717, 1.165) is 56.3 Å². The van der Waals surface area contributed by atoms with Gasteiger partial charge < -0.3 is 14.4 Å². The number of unbranched alkanes of at least 4 members (excludes halogenated alkanes) is 16. The predicted molar refractivity (Wildman–Crippen MR) is 238 cm³/mol. The highest BCUT2D eigenvalue weighted by Gasteiger charge is 2.15. The van der Waals surface area contributed by atoms with E-state index >= 15 is 0 Å². The minimum Gasteiger partial charge on any atom is -0.466 e. The fourth-order valence-corrected chi connectivity index (χ4v) is 8.87. The predicted octanol–water partition coefficient (Wildman–Crippen LogP) is 15.4. The van der Waals surface area contributed by atoms with Gasteiger partial charge >= 0.3 is 11.9 Å². The van der Waals surface area contributed by atoms with E-state index in [1.807, 2.05) is 0 Å². The van der Waals surface area contributed by atoms with Gasteiger partial charge in [0.1, 0.15) is 0 Å². The van der Waals surface area contributed by atoms with Gasteiger partial charge in [-0.1, -0.05) is 201 Å². The second kappa shape index (κ2) is 39.7. The van der Waals surface area contributed by atoms with E-state index < -0.39 is 0 Å². The van der Waals surface area contributed by atoms with Crippen LogP contribution in [-0.4, -0.2) is 49.7 Å². The first-order valence-electron chi connectivity index (χ1n) is 25.1. The molecule has 326 valence electrons. The Balaban J connectivity index is 2.22. The zero-order valence-corrected chi connectivity index (χ0v) is 37.8. The Kier molecular flexibility index (Phi) is 37.5. The topological polar surface area (TPSA) is 55.8 Å². The Bertz CT molecular complexity index is 751. The van der Waals surface area contributed by atoms with Crippen LogP contribution in [0, 0.1) is 17.8 Å². The Morgan fingerprint density at radius 1 is 0.400 bits per heavy atom. The largest absolute Gasteiger partial charge is 0.466 e. The number of carbonyl (C=O) groups excluding carboxylic acids is 2. The Labute approximate surface area is 344 Å². The second-order valence-corrected chi connectivity index (χ2v) is 17.9. The smallest absolute Gasteiger partial charge is 0.305 e. The van der Waals surface area contributed by atoms with Crippen molar-refractivity contribution in [1.82, 2.24) is 4.90 Å². The van der Waals surface area contributed by atoms with Crippen molar-refractivity contribution in [3.05, 3.63) is 0 Å². The maximum Gasteiger partial charge on any atom is 0.305 e. The van der Waals surface area contributed by atoms with Gasteiger partial charge in [0.15, 0.2) is 0 Å². The molecule has 0 unspecified atom stereocenters. The molecule has 1 aliphatic rings. The maximum absolute atomic E-state index is 12.4. The molecule has 5 nitrogen and oxygen atoms in total. The highest BCUT2D eigenvalue weighted by molar-refractivity contribution is 5.69. The molecule has 0 spiro atoms. The third kappa shape index (κ3) is 33.6. The van der Waals surface area contributed by atoms with Crippen molar-refractivity contribution in [2.45, 2.75) is 259 Å². The lowest BCUT2D eigenvalue weighted by atomic mass is 9.91. The lowest BCUT2D eigenvalue weighted by molar-refractivity contribution is -0.145. The van der Waals surface area contributed by atoms with Crippen molar-refractivity contribution in [2.24, 2.45) is 17.8 Å². The molecule has 0 bridgehead atoms. The summed E-state index contributed by atoms with van der Waals surface area (Å²) in [6, 6.07) is 0. The number of rotatable bonds is 41. The van der Waals surface area contributed by atoms with Crippen LogP contribution in [0.5, 0.6) is 0 Å². The van der Waals surface area contributed by atoms with Crippen molar-refractivity contribution in [2.75, 3.05) is 32.8 Å². The quantitative estimate of drug-likeness (QED) is 0.0457. The van der Waals surface area contributed by atoms with Gasteiger partial charge in [0.25, 0.3) is 0 Å². The minimum atomic E-state index is 0.0215. The molecular formula is C50H97NO4. The number of hydrogen-bond donors (Lipinski definition) is 0. The van der Waals surface area contributed by atoms with Gasteiger partial charge in [0.05, 0.1) is 13.2 Å². The molecule has 0 N–H and O–H groups in total. The van der Waals surface area contributed by atoms with Crippen LogP contribution in [0.3, 0.4) is 0 Å². The SMILES string of the molecule is CCCCCC(CCCCC)CCOC(=O)CCCCCCCC(CCCCCCCC(=O)OCCC(CCCCC)CCCCC)CCN1CCCCC1. The van der Waals surface area contributed by atoms with Crippen molar-refractivity contribution in [1.29, 1.82) is 0 Å². The van der Waals surface area contributed by atoms with Gasteiger partial charge in [-0.3, -0.25) is 9.59 Å². The van der Waals surface area contributed by atoms with Crippen LogP contribution in [0.4, 0.5) is 0 Å². The number of ether oxygens (including phenoxy) is 2. The van der Waals surface area contributed by atoms with Crippen LogP contribution >= 0.6 is 0 Å². The normalized spacial score (nSPS) is 13.7. The van der Waals surface area contributed by atoms with E-state index in [0.29, 0.717) is 26.1 Å². The number of carbonyl (C=O) groups is 2. The fourth-order valence-electron chi connectivity index (χ4n) is 8.87. The van der Waals surface area contributed by atoms with Gasteiger partial charge in [-0.2, -0.15) is 0 Å².